The van der Waals surface area contributed by atoms with Gasteiger partial charge in [-0.15, -0.1) is 0 Å². The normalized spacial score (nSPS) is 13.7. The van der Waals surface area contributed by atoms with Crippen molar-refractivity contribution >= 4 is 17.7 Å². The molecule has 0 radical (unpaired) electrons. The minimum atomic E-state index is -0.370. The molecule has 1 aliphatic heterocycles. The van der Waals surface area contributed by atoms with Gasteiger partial charge in [-0.3, -0.25) is 19.3 Å². The van der Waals surface area contributed by atoms with Crippen LogP contribution in [0, 0.1) is 0 Å². The van der Waals surface area contributed by atoms with E-state index in [1.165, 1.54) is 19.2 Å². The van der Waals surface area contributed by atoms with Crippen molar-refractivity contribution in [2.24, 2.45) is 0 Å². The minimum absolute atomic E-state index is 0.257. The molecule has 0 bridgehead atoms. The van der Waals surface area contributed by atoms with E-state index in [9.17, 15) is 14.4 Å². The van der Waals surface area contributed by atoms with E-state index in [0.29, 0.717) is 24.2 Å². The maximum absolute atomic E-state index is 11.8. The van der Waals surface area contributed by atoms with Crippen LogP contribution < -0.4 is 10.6 Å². The second kappa shape index (κ2) is 5.19. The van der Waals surface area contributed by atoms with E-state index < -0.39 is 0 Å². The molecule has 0 unspecified atom stereocenters. The van der Waals surface area contributed by atoms with Gasteiger partial charge in [0.2, 0.25) is 0 Å². The quantitative estimate of drug-likeness (QED) is 0.584. The Morgan fingerprint density at radius 1 is 1.16 bits per heavy atom. The molecule has 0 atom stereocenters. The summed E-state index contributed by atoms with van der Waals surface area (Å²) in [7, 11) is 3.22. The first-order valence-corrected chi connectivity index (χ1v) is 5.95. The highest BCUT2D eigenvalue weighted by Crippen LogP contribution is 2.22. The van der Waals surface area contributed by atoms with E-state index >= 15 is 0 Å². The third-order valence-electron chi connectivity index (χ3n) is 3.01. The van der Waals surface area contributed by atoms with E-state index in [4.69, 9.17) is 0 Å². The Kier molecular flexibility index (Phi) is 3.62. The maximum atomic E-state index is 11.8. The smallest absolute Gasteiger partial charge is 0.261 e. The van der Waals surface area contributed by atoms with Gasteiger partial charge in [-0.05, 0) is 25.2 Å². The Labute approximate surface area is 110 Å². The summed E-state index contributed by atoms with van der Waals surface area (Å²) in [6, 6.07) is 4.54. The van der Waals surface area contributed by atoms with E-state index in [-0.39, 0.29) is 23.3 Å². The maximum Gasteiger partial charge on any atom is 0.261 e. The predicted octanol–water partition coefficient (Wildman–Crippen LogP) is -0.138. The summed E-state index contributed by atoms with van der Waals surface area (Å²) >= 11 is 0. The summed E-state index contributed by atoms with van der Waals surface area (Å²) in [5, 5.41) is 5.63. The lowest BCUT2D eigenvalue weighted by molar-refractivity contribution is 0.0693. The number of nitrogens with zero attached hydrogens (tertiary/aromatic N) is 1. The summed E-state index contributed by atoms with van der Waals surface area (Å²) in [5.74, 6) is -0.958. The fourth-order valence-electron chi connectivity index (χ4n) is 1.91. The van der Waals surface area contributed by atoms with Crippen LogP contribution >= 0.6 is 0 Å². The molecule has 0 aliphatic carbocycles. The fraction of sp³-hybridized carbons (Fsp3) is 0.308. The third kappa shape index (κ3) is 2.34. The van der Waals surface area contributed by atoms with Crippen LogP contribution in [-0.4, -0.2) is 49.8 Å². The van der Waals surface area contributed by atoms with Gasteiger partial charge in [0.15, 0.2) is 0 Å². The van der Waals surface area contributed by atoms with Crippen LogP contribution in [0.1, 0.15) is 31.1 Å². The highest BCUT2D eigenvalue weighted by Gasteiger charge is 2.33. The van der Waals surface area contributed by atoms with Gasteiger partial charge >= 0.3 is 0 Å². The predicted molar refractivity (Wildman–Crippen MR) is 69.1 cm³/mol. The number of nitrogens with one attached hydrogen (secondary N) is 2. The largest absolute Gasteiger partial charge is 0.351 e. The molecule has 0 spiro atoms. The Hall–Kier alpha value is -2.21. The van der Waals surface area contributed by atoms with Crippen molar-refractivity contribution < 1.29 is 14.4 Å². The standard InChI is InChI=1S/C13H15N3O3/c1-14-5-6-15-11(17)8-3-4-9-10(7-8)13(19)16(2)12(9)18/h3-4,7,14H,5-6H2,1-2H3,(H,15,17). The number of fused-ring (bicyclic) bond motifs is 1. The molecule has 3 amide bonds. The minimum Gasteiger partial charge on any atom is -0.351 e. The third-order valence-corrected chi connectivity index (χ3v) is 3.01. The number of carbonyl (C=O) groups is 3. The number of carbonyl (C=O) groups excluding carboxylic acids is 3. The van der Waals surface area contributed by atoms with E-state index in [0.717, 1.165) is 4.90 Å². The van der Waals surface area contributed by atoms with Crippen molar-refractivity contribution in [1.82, 2.24) is 15.5 Å². The molecule has 0 aromatic heterocycles. The lowest BCUT2D eigenvalue weighted by Gasteiger charge is -2.05. The number of benzene rings is 1. The first-order valence-electron chi connectivity index (χ1n) is 5.95. The Balaban J connectivity index is 2.21. The van der Waals surface area contributed by atoms with Crippen LogP contribution in [0.3, 0.4) is 0 Å². The SMILES string of the molecule is CNCCNC(=O)c1ccc2c(c1)C(=O)N(C)C2=O. The van der Waals surface area contributed by atoms with E-state index in [2.05, 4.69) is 10.6 Å². The summed E-state index contributed by atoms with van der Waals surface area (Å²) in [6.07, 6.45) is 0. The van der Waals surface area contributed by atoms with Crippen LogP contribution in [0.15, 0.2) is 18.2 Å². The number of amides is 3. The highest BCUT2D eigenvalue weighted by atomic mass is 16.2. The first kappa shape index (κ1) is 13.2. The summed E-state index contributed by atoms with van der Waals surface area (Å²) in [6.45, 7) is 1.16. The Morgan fingerprint density at radius 2 is 1.84 bits per heavy atom. The molecular weight excluding hydrogens is 246 g/mol. The van der Waals surface area contributed by atoms with Gasteiger partial charge < -0.3 is 10.6 Å². The molecule has 1 aromatic rings. The molecule has 6 heteroatoms. The van der Waals surface area contributed by atoms with Crippen LogP contribution in [0.5, 0.6) is 0 Å². The molecule has 0 fully saturated rings. The topological polar surface area (TPSA) is 78.5 Å². The van der Waals surface area contributed by atoms with Gasteiger partial charge in [-0.2, -0.15) is 0 Å². The van der Waals surface area contributed by atoms with Crippen molar-refractivity contribution in [3.8, 4) is 0 Å². The second-order valence-electron chi connectivity index (χ2n) is 4.29. The first-order chi connectivity index (χ1) is 9.06. The zero-order valence-corrected chi connectivity index (χ0v) is 10.8. The fourth-order valence-corrected chi connectivity index (χ4v) is 1.91. The van der Waals surface area contributed by atoms with Gasteiger partial charge in [0.05, 0.1) is 11.1 Å². The lowest BCUT2D eigenvalue weighted by Crippen LogP contribution is -2.30. The zero-order valence-electron chi connectivity index (χ0n) is 10.8. The number of hydrogen-bond donors (Lipinski definition) is 2. The average Bonchev–Trinajstić information content (AvgIpc) is 2.64. The molecule has 100 valence electrons. The van der Waals surface area contributed by atoms with Crippen molar-refractivity contribution in [1.29, 1.82) is 0 Å². The lowest BCUT2D eigenvalue weighted by atomic mass is 10.1. The monoisotopic (exact) mass is 261 g/mol. The molecular formula is C13H15N3O3. The molecule has 1 heterocycles. The highest BCUT2D eigenvalue weighted by molar-refractivity contribution is 6.21. The van der Waals surface area contributed by atoms with Crippen LogP contribution in [-0.2, 0) is 0 Å². The molecule has 2 rings (SSSR count). The van der Waals surface area contributed by atoms with Gasteiger partial charge in [-0.1, -0.05) is 0 Å². The molecule has 0 saturated heterocycles. The van der Waals surface area contributed by atoms with Gasteiger partial charge in [0.25, 0.3) is 17.7 Å². The summed E-state index contributed by atoms with van der Waals surface area (Å²) in [5.41, 5.74) is 1.01. The van der Waals surface area contributed by atoms with E-state index in [1.807, 2.05) is 0 Å². The molecule has 1 aromatic carbocycles. The summed E-state index contributed by atoms with van der Waals surface area (Å²) < 4.78 is 0. The number of likely N-dealkylation sites (N-methyl/N-ethyl adjacent to an activating group) is 1. The molecule has 2 N–H and O–H groups in total. The number of imide groups is 1. The molecule has 1 aliphatic rings. The average molecular weight is 261 g/mol. The van der Waals surface area contributed by atoms with Crippen LogP contribution in [0.25, 0.3) is 0 Å². The Morgan fingerprint density at radius 3 is 2.53 bits per heavy atom. The van der Waals surface area contributed by atoms with Gasteiger partial charge in [0.1, 0.15) is 0 Å². The van der Waals surface area contributed by atoms with Crippen LogP contribution in [0.4, 0.5) is 0 Å². The van der Waals surface area contributed by atoms with Crippen LogP contribution in [0.2, 0.25) is 0 Å². The second-order valence-corrected chi connectivity index (χ2v) is 4.29. The van der Waals surface area contributed by atoms with Crippen molar-refractivity contribution in [3.63, 3.8) is 0 Å². The number of hydrogen-bond acceptors (Lipinski definition) is 4. The van der Waals surface area contributed by atoms with Crippen molar-refractivity contribution in [2.75, 3.05) is 27.2 Å². The van der Waals surface area contributed by atoms with E-state index in [1.54, 1.807) is 13.1 Å². The molecule has 19 heavy (non-hydrogen) atoms. The summed E-state index contributed by atoms with van der Waals surface area (Å²) in [4.78, 5) is 36.4. The zero-order chi connectivity index (χ0) is 14.0. The molecule has 6 nitrogen and oxygen atoms in total. The number of rotatable bonds is 4. The van der Waals surface area contributed by atoms with Crippen molar-refractivity contribution in [2.45, 2.75) is 0 Å². The van der Waals surface area contributed by atoms with Gasteiger partial charge in [-0.25, -0.2) is 0 Å². The van der Waals surface area contributed by atoms with Crippen molar-refractivity contribution in [3.05, 3.63) is 34.9 Å². The van der Waals surface area contributed by atoms with Gasteiger partial charge in [0, 0.05) is 25.7 Å². The molecule has 0 saturated carbocycles. The Bertz CT molecular complexity index is 554.